The summed E-state index contributed by atoms with van der Waals surface area (Å²) >= 11 is 0. The minimum atomic E-state index is -0.440. The van der Waals surface area contributed by atoms with E-state index in [2.05, 4.69) is 65.8 Å². The quantitative estimate of drug-likeness (QED) is 0.373. The topological polar surface area (TPSA) is 38.7 Å². The van der Waals surface area contributed by atoms with Crippen LogP contribution in [-0.2, 0) is 9.78 Å². The van der Waals surface area contributed by atoms with Crippen LogP contribution in [0.4, 0.5) is 0 Å². The maximum Gasteiger partial charge on any atom is 0.130 e. The Balaban J connectivity index is 1.44. The minimum Gasteiger partial charge on any atom is -0.393 e. The van der Waals surface area contributed by atoms with E-state index < -0.39 is 5.60 Å². The molecular formula is C29H46O3. The molecule has 3 heteroatoms. The fraction of sp³-hybridized carbons (Fsp3) is 0.862. The molecule has 2 spiro atoms. The van der Waals surface area contributed by atoms with Crippen LogP contribution in [0.25, 0.3) is 0 Å². The molecule has 10 atom stereocenters. The van der Waals surface area contributed by atoms with Crippen LogP contribution in [0.15, 0.2) is 24.3 Å². The number of allylic oxidation sites excluding steroid dienone is 2. The van der Waals surface area contributed by atoms with Crippen LogP contribution in [0.3, 0.4) is 0 Å². The summed E-state index contributed by atoms with van der Waals surface area (Å²) in [6, 6.07) is 0. The van der Waals surface area contributed by atoms with Crippen LogP contribution >= 0.6 is 0 Å². The van der Waals surface area contributed by atoms with Crippen molar-refractivity contribution in [1.82, 2.24) is 0 Å². The van der Waals surface area contributed by atoms with Crippen LogP contribution in [-0.4, -0.2) is 22.4 Å². The van der Waals surface area contributed by atoms with Gasteiger partial charge < -0.3 is 5.11 Å². The molecule has 2 aliphatic heterocycles. The molecule has 0 aromatic carbocycles. The number of fused-ring (bicyclic) bond motifs is 2. The van der Waals surface area contributed by atoms with Crippen LogP contribution in [0.2, 0.25) is 0 Å². The van der Waals surface area contributed by atoms with Gasteiger partial charge in [-0.15, -0.1) is 0 Å². The van der Waals surface area contributed by atoms with Gasteiger partial charge in [0.2, 0.25) is 0 Å². The summed E-state index contributed by atoms with van der Waals surface area (Å²) in [5.74, 6) is 3.70. The second kappa shape index (κ2) is 7.68. The van der Waals surface area contributed by atoms with Crippen LogP contribution in [0.1, 0.15) is 92.9 Å². The van der Waals surface area contributed by atoms with Crippen molar-refractivity contribution in [3.63, 3.8) is 0 Å². The SMILES string of the molecule is CC[C@@H](/C=C/[C@@H](C)[C@H]1CCC2C34C=CC5(C[C@@H](O)CC[C@]5(C)C3CC[C@@]21C)OO4)C(C)C. The summed E-state index contributed by atoms with van der Waals surface area (Å²) < 4.78 is 0. The maximum atomic E-state index is 10.4. The molecule has 4 fully saturated rings. The average Bonchev–Trinajstić information content (AvgIpc) is 3.12. The summed E-state index contributed by atoms with van der Waals surface area (Å²) in [4.78, 5) is 12.8. The van der Waals surface area contributed by atoms with Gasteiger partial charge in [0.25, 0.3) is 0 Å². The van der Waals surface area contributed by atoms with Gasteiger partial charge in [-0.25, -0.2) is 9.78 Å². The molecule has 4 unspecified atom stereocenters. The molecule has 0 amide bonds. The van der Waals surface area contributed by atoms with Gasteiger partial charge in [0, 0.05) is 23.7 Å². The largest absolute Gasteiger partial charge is 0.393 e. The van der Waals surface area contributed by atoms with Crippen molar-refractivity contribution in [2.24, 2.45) is 46.3 Å². The van der Waals surface area contributed by atoms with Gasteiger partial charge in [-0.3, -0.25) is 0 Å². The van der Waals surface area contributed by atoms with E-state index in [-0.39, 0.29) is 22.5 Å². The second-order valence-corrected chi connectivity index (χ2v) is 13.0. The molecule has 0 radical (unpaired) electrons. The van der Waals surface area contributed by atoms with Gasteiger partial charge in [-0.05, 0) is 80.1 Å². The highest BCUT2D eigenvalue weighted by atomic mass is 17.2. The molecule has 3 nitrogen and oxygen atoms in total. The number of rotatable bonds is 5. The first kappa shape index (κ1) is 23.1. The van der Waals surface area contributed by atoms with Crippen LogP contribution in [0.5, 0.6) is 0 Å². The average molecular weight is 443 g/mol. The third kappa shape index (κ3) is 2.96. The highest BCUT2D eigenvalue weighted by molar-refractivity contribution is 5.33. The third-order valence-electron chi connectivity index (χ3n) is 11.3. The van der Waals surface area contributed by atoms with E-state index in [9.17, 15) is 5.11 Å². The summed E-state index contributed by atoms with van der Waals surface area (Å²) in [7, 11) is 0. The van der Waals surface area contributed by atoms with Gasteiger partial charge >= 0.3 is 0 Å². The first-order chi connectivity index (χ1) is 15.1. The lowest BCUT2D eigenvalue weighted by Gasteiger charge is -2.69. The zero-order chi connectivity index (χ0) is 22.9. The predicted molar refractivity (Wildman–Crippen MR) is 129 cm³/mol. The molecular weight excluding hydrogens is 396 g/mol. The molecule has 0 aromatic heterocycles. The van der Waals surface area contributed by atoms with Crippen molar-refractivity contribution >= 4 is 0 Å². The van der Waals surface area contributed by atoms with Crippen molar-refractivity contribution in [2.45, 2.75) is 110 Å². The first-order valence-corrected chi connectivity index (χ1v) is 13.6. The van der Waals surface area contributed by atoms with Crippen molar-refractivity contribution < 1.29 is 14.9 Å². The number of hydrogen-bond donors (Lipinski definition) is 1. The standard InChI is InChI=1S/C29H46O3/c1-7-21(19(2)3)9-8-20(4)23-10-11-24-26(23,5)14-13-25-27(6)15-12-22(30)18-28(27)16-17-29(24,25)32-31-28/h8-9,16-17,19-25,30H,7,10-15,18H2,1-6H3/b9-8+/t20-,21+,22+,23-,24?,25?,26-,27-,28?,29?/m1/s1. The Kier molecular flexibility index (Phi) is 5.55. The monoisotopic (exact) mass is 442 g/mol. The van der Waals surface area contributed by atoms with E-state index in [4.69, 9.17) is 9.78 Å². The Morgan fingerprint density at radius 1 is 0.969 bits per heavy atom. The van der Waals surface area contributed by atoms with Crippen molar-refractivity contribution in [1.29, 1.82) is 0 Å². The van der Waals surface area contributed by atoms with E-state index in [0.717, 1.165) is 12.8 Å². The number of hydrogen-bond acceptors (Lipinski definition) is 3. The lowest BCUT2D eigenvalue weighted by atomic mass is 9.43. The third-order valence-corrected chi connectivity index (χ3v) is 11.3. The molecule has 32 heavy (non-hydrogen) atoms. The molecule has 2 heterocycles. The molecule has 6 rings (SSSR count). The minimum absolute atomic E-state index is 0.0653. The van der Waals surface area contributed by atoms with Gasteiger partial charge in [-0.2, -0.15) is 0 Å². The summed E-state index contributed by atoms with van der Waals surface area (Å²) in [5.41, 5.74) is -0.371. The Labute approximate surface area is 195 Å². The Hall–Kier alpha value is -0.640. The fourth-order valence-corrected chi connectivity index (χ4v) is 9.29. The molecule has 6 aliphatic rings. The van der Waals surface area contributed by atoms with E-state index in [1.165, 1.54) is 32.1 Å². The Morgan fingerprint density at radius 2 is 1.75 bits per heavy atom. The van der Waals surface area contributed by atoms with Gasteiger partial charge in [-0.1, -0.05) is 59.8 Å². The van der Waals surface area contributed by atoms with E-state index >= 15 is 0 Å². The molecule has 180 valence electrons. The summed E-state index contributed by atoms with van der Waals surface area (Å²) in [5, 5.41) is 10.4. The van der Waals surface area contributed by atoms with Gasteiger partial charge in [0.05, 0.1) is 6.10 Å². The zero-order valence-electron chi connectivity index (χ0n) is 21.3. The Morgan fingerprint density at radius 3 is 2.41 bits per heavy atom. The summed E-state index contributed by atoms with van der Waals surface area (Å²) in [6.07, 6.45) is 18.3. The van der Waals surface area contributed by atoms with E-state index in [1.54, 1.807) is 0 Å². The number of aliphatic hydroxyl groups excluding tert-OH is 1. The smallest absolute Gasteiger partial charge is 0.130 e. The maximum absolute atomic E-state index is 10.4. The lowest BCUT2D eigenvalue weighted by Crippen LogP contribution is -2.73. The highest BCUT2D eigenvalue weighted by Gasteiger charge is 2.74. The van der Waals surface area contributed by atoms with Crippen molar-refractivity contribution in [2.75, 3.05) is 0 Å². The normalized spacial score (nSPS) is 51.5. The summed E-state index contributed by atoms with van der Waals surface area (Å²) in [6.45, 7) is 14.4. The molecule has 0 aromatic rings. The Bertz CT molecular complexity index is 787. The van der Waals surface area contributed by atoms with E-state index in [0.29, 0.717) is 41.9 Å². The molecule has 1 saturated heterocycles. The van der Waals surface area contributed by atoms with Crippen molar-refractivity contribution in [3.8, 4) is 0 Å². The van der Waals surface area contributed by atoms with Crippen molar-refractivity contribution in [3.05, 3.63) is 24.3 Å². The van der Waals surface area contributed by atoms with Crippen LogP contribution < -0.4 is 0 Å². The number of aliphatic hydroxyl groups is 1. The molecule has 1 N–H and O–H groups in total. The van der Waals surface area contributed by atoms with Gasteiger partial charge in [0.1, 0.15) is 11.2 Å². The molecule has 3 saturated carbocycles. The van der Waals surface area contributed by atoms with Gasteiger partial charge in [0.15, 0.2) is 0 Å². The second-order valence-electron chi connectivity index (χ2n) is 13.0. The predicted octanol–water partition coefficient (Wildman–Crippen LogP) is 6.86. The molecule has 2 bridgehead atoms. The van der Waals surface area contributed by atoms with E-state index in [1.807, 2.05) is 0 Å². The fourth-order valence-electron chi connectivity index (χ4n) is 9.29. The first-order valence-electron chi connectivity index (χ1n) is 13.6. The highest BCUT2D eigenvalue weighted by Crippen LogP contribution is 2.72. The lowest BCUT2D eigenvalue weighted by molar-refractivity contribution is -0.497. The van der Waals surface area contributed by atoms with Crippen LogP contribution in [0, 0.1) is 46.3 Å². The molecule has 4 aliphatic carbocycles. The zero-order valence-corrected chi connectivity index (χ0v) is 21.3.